The van der Waals surface area contributed by atoms with Crippen LogP contribution in [-0.4, -0.2) is 51.4 Å². The van der Waals surface area contributed by atoms with Crippen LogP contribution in [0.1, 0.15) is 44.1 Å². The summed E-state index contributed by atoms with van der Waals surface area (Å²) in [5.41, 5.74) is 0.414. The van der Waals surface area contributed by atoms with Crippen molar-refractivity contribution >= 4 is 23.5 Å². The van der Waals surface area contributed by atoms with Crippen molar-refractivity contribution in [2.45, 2.75) is 52.4 Å². The highest BCUT2D eigenvalue weighted by molar-refractivity contribution is 6.03. The number of ether oxygens (including phenoxy) is 1. The maximum absolute atomic E-state index is 12.8. The number of amides is 2. The highest BCUT2D eigenvalue weighted by Gasteiger charge is 2.55. The number of nitrogens with one attached hydrogen (secondary N) is 2. The van der Waals surface area contributed by atoms with Gasteiger partial charge in [-0.2, -0.15) is 5.10 Å². The van der Waals surface area contributed by atoms with Crippen LogP contribution in [0.2, 0.25) is 0 Å². The van der Waals surface area contributed by atoms with E-state index in [0.29, 0.717) is 25.9 Å². The second kappa shape index (κ2) is 7.67. The Morgan fingerprint density at radius 1 is 1.30 bits per heavy atom. The van der Waals surface area contributed by atoms with Crippen LogP contribution >= 0.6 is 0 Å². The zero-order valence-electron chi connectivity index (χ0n) is 15.8. The molecule has 2 aliphatic rings. The van der Waals surface area contributed by atoms with Gasteiger partial charge >= 0.3 is 5.97 Å². The van der Waals surface area contributed by atoms with Crippen molar-refractivity contribution in [1.82, 2.24) is 15.1 Å². The highest BCUT2D eigenvalue weighted by Crippen LogP contribution is 2.44. The van der Waals surface area contributed by atoms with Crippen LogP contribution in [-0.2, 0) is 20.9 Å². The maximum Gasteiger partial charge on any atom is 0.310 e. The predicted molar refractivity (Wildman–Crippen MR) is 96.2 cm³/mol. The van der Waals surface area contributed by atoms with Crippen molar-refractivity contribution in [1.29, 1.82) is 0 Å². The molecule has 1 aromatic heterocycles. The largest absolute Gasteiger partial charge is 0.481 e. The van der Waals surface area contributed by atoms with E-state index in [1.54, 1.807) is 10.9 Å². The first kappa shape index (κ1) is 19.3. The van der Waals surface area contributed by atoms with Gasteiger partial charge in [-0.3, -0.25) is 19.1 Å². The quantitative estimate of drug-likeness (QED) is 0.653. The second-order valence-corrected chi connectivity index (χ2v) is 7.52. The van der Waals surface area contributed by atoms with Gasteiger partial charge < -0.3 is 20.5 Å². The fraction of sp³-hybridized carbons (Fsp3) is 0.667. The zero-order chi connectivity index (χ0) is 19.7. The number of nitrogens with zero attached hydrogens (tertiary/aromatic N) is 2. The summed E-state index contributed by atoms with van der Waals surface area (Å²) in [5.74, 6) is -3.18. The molecule has 0 radical (unpaired) electrons. The Balaban J connectivity index is 1.78. The summed E-state index contributed by atoms with van der Waals surface area (Å²) < 4.78 is 7.21. The Kier molecular flexibility index (Phi) is 5.50. The molecule has 3 N–H and O–H groups in total. The molecule has 3 heterocycles. The number of aliphatic carboxylic acids is 1. The minimum absolute atomic E-state index is 0.127. The van der Waals surface area contributed by atoms with Crippen LogP contribution in [0.5, 0.6) is 0 Å². The standard InChI is InChI=1S/C18H26N4O5/c1-4-22-8-10(15(21-22)17(24)19-7-9(2)3)20-16(23)13-11-5-6-12(27-11)14(13)18(25)26/h8-9,11-14H,4-7H2,1-3H3,(H,19,24)(H,20,23)(H,25,26). The molecule has 0 aromatic carbocycles. The van der Waals surface area contributed by atoms with Crippen molar-refractivity contribution in [2.24, 2.45) is 17.8 Å². The van der Waals surface area contributed by atoms with Crippen LogP contribution in [0.15, 0.2) is 6.20 Å². The van der Waals surface area contributed by atoms with E-state index in [1.165, 1.54) is 0 Å². The lowest BCUT2D eigenvalue weighted by molar-refractivity contribution is -0.147. The van der Waals surface area contributed by atoms with Crippen LogP contribution in [0.4, 0.5) is 5.69 Å². The van der Waals surface area contributed by atoms with Crippen LogP contribution in [0.3, 0.4) is 0 Å². The van der Waals surface area contributed by atoms with Crippen molar-refractivity contribution in [3.8, 4) is 0 Å². The van der Waals surface area contributed by atoms with E-state index < -0.39 is 35.9 Å². The van der Waals surface area contributed by atoms with Crippen LogP contribution in [0, 0.1) is 17.8 Å². The van der Waals surface area contributed by atoms with Gasteiger partial charge in [0.1, 0.15) is 0 Å². The van der Waals surface area contributed by atoms with E-state index in [9.17, 15) is 19.5 Å². The molecule has 2 aliphatic heterocycles. The average Bonchev–Trinajstić information content (AvgIpc) is 3.32. The first-order valence-corrected chi connectivity index (χ1v) is 9.36. The highest BCUT2D eigenvalue weighted by atomic mass is 16.5. The van der Waals surface area contributed by atoms with Gasteiger partial charge in [0.2, 0.25) is 5.91 Å². The van der Waals surface area contributed by atoms with E-state index >= 15 is 0 Å². The number of anilines is 1. The Labute approximate surface area is 157 Å². The number of aryl methyl sites for hydroxylation is 1. The lowest BCUT2D eigenvalue weighted by Gasteiger charge is -2.23. The molecular formula is C18H26N4O5. The number of hydrogen-bond acceptors (Lipinski definition) is 5. The lowest BCUT2D eigenvalue weighted by atomic mass is 9.78. The fourth-order valence-corrected chi connectivity index (χ4v) is 3.76. The van der Waals surface area contributed by atoms with Crippen molar-refractivity contribution < 1.29 is 24.2 Å². The number of carboxylic acid groups (broad SMARTS) is 1. The molecule has 2 saturated heterocycles. The van der Waals surface area contributed by atoms with Crippen molar-refractivity contribution in [3.63, 3.8) is 0 Å². The predicted octanol–water partition coefficient (Wildman–Crippen LogP) is 1.11. The van der Waals surface area contributed by atoms with E-state index in [4.69, 9.17) is 4.74 Å². The molecule has 9 heteroatoms. The van der Waals surface area contributed by atoms with Crippen molar-refractivity contribution in [2.75, 3.05) is 11.9 Å². The summed E-state index contributed by atoms with van der Waals surface area (Å²) in [6.45, 7) is 6.87. The molecule has 0 aliphatic carbocycles. The number of rotatable bonds is 7. The summed E-state index contributed by atoms with van der Waals surface area (Å²) >= 11 is 0. The molecule has 1 aromatic rings. The lowest BCUT2D eigenvalue weighted by Crippen LogP contribution is -2.41. The van der Waals surface area contributed by atoms with E-state index in [0.717, 1.165) is 0 Å². The summed E-state index contributed by atoms with van der Waals surface area (Å²) in [6, 6.07) is 0. The molecule has 2 bridgehead atoms. The monoisotopic (exact) mass is 378 g/mol. The van der Waals surface area contributed by atoms with Gasteiger partial charge in [0, 0.05) is 19.3 Å². The third-order valence-electron chi connectivity index (χ3n) is 5.09. The maximum atomic E-state index is 12.8. The number of aromatic nitrogens is 2. The van der Waals surface area contributed by atoms with Gasteiger partial charge in [0.25, 0.3) is 5.91 Å². The summed E-state index contributed by atoms with van der Waals surface area (Å²) in [6.07, 6.45) is 2.10. The smallest absolute Gasteiger partial charge is 0.310 e. The molecule has 27 heavy (non-hydrogen) atoms. The summed E-state index contributed by atoms with van der Waals surface area (Å²) in [5, 5.41) is 19.2. The SMILES string of the molecule is CCn1cc(NC(=O)C2C3CCC(O3)C2C(=O)O)c(C(=O)NCC(C)C)n1. The minimum atomic E-state index is -1.03. The molecule has 2 fully saturated rings. The topological polar surface area (TPSA) is 123 Å². The number of carbonyl (C=O) groups excluding carboxylic acids is 2. The molecular weight excluding hydrogens is 352 g/mol. The van der Waals surface area contributed by atoms with Gasteiger partial charge in [0.15, 0.2) is 5.69 Å². The summed E-state index contributed by atoms with van der Waals surface area (Å²) in [7, 11) is 0. The third-order valence-corrected chi connectivity index (χ3v) is 5.09. The zero-order valence-corrected chi connectivity index (χ0v) is 15.8. The molecule has 4 atom stereocenters. The van der Waals surface area contributed by atoms with Gasteiger partial charge in [-0.05, 0) is 25.7 Å². The number of carboxylic acids is 1. The molecule has 9 nitrogen and oxygen atoms in total. The molecule has 0 saturated carbocycles. The summed E-state index contributed by atoms with van der Waals surface area (Å²) in [4.78, 5) is 36.9. The van der Waals surface area contributed by atoms with E-state index in [1.807, 2.05) is 20.8 Å². The first-order valence-electron chi connectivity index (χ1n) is 9.36. The molecule has 4 unspecified atom stereocenters. The van der Waals surface area contributed by atoms with Gasteiger partial charge in [-0.15, -0.1) is 0 Å². The van der Waals surface area contributed by atoms with E-state index in [-0.39, 0.29) is 23.2 Å². The second-order valence-electron chi connectivity index (χ2n) is 7.52. The molecule has 0 spiro atoms. The van der Waals surface area contributed by atoms with Crippen molar-refractivity contribution in [3.05, 3.63) is 11.9 Å². The van der Waals surface area contributed by atoms with Gasteiger partial charge in [-0.25, -0.2) is 0 Å². The third kappa shape index (κ3) is 3.83. The first-order chi connectivity index (χ1) is 12.8. The van der Waals surface area contributed by atoms with Gasteiger partial charge in [0.05, 0.1) is 29.7 Å². The van der Waals surface area contributed by atoms with Gasteiger partial charge in [-0.1, -0.05) is 13.8 Å². The Bertz CT molecular complexity index is 744. The average molecular weight is 378 g/mol. The number of fused-ring (bicyclic) bond motifs is 2. The Morgan fingerprint density at radius 2 is 1.96 bits per heavy atom. The molecule has 3 rings (SSSR count). The number of hydrogen-bond donors (Lipinski definition) is 3. The van der Waals surface area contributed by atoms with Crippen LogP contribution < -0.4 is 10.6 Å². The fourth-order valence-electron chi connectivity index (χ4n) is 3.76. The van der Waals surface area contributed by atoms with E-state index in [2.05, 4.69) is 15.7 Å². The molecule has 2 amide bonds. The number of carbonyl (C=O) groups is 3. The minimum Gasteiger partial charge on any atom is -0.481 e. The molecule has 148 valence electrons. The normalized spacial score (nSPS) is 26.4. The Morgan fingerprint density at radius 3 is 2.56 bits per heavy atom. The Hall–Kier alpha value is -2.42. The van der Waals surface area contributed by atoms with Crippen LogP contribution in [0.25, 0.3) is 0 Å².